The molecule has 1 heterocycles. The molecule has 1 aromatic carbocycles. The average molecular weight is 327 g/mol. The fraction of sp³-hybridized carbons (Fsp3) is 0.154. The number of carboxylic acids is 1. The van der Waals surface area contributed by atoms with Crippen LogP contribution < -0.4 is 4.72 Å². The van der Waals surface area contributed by atoms with Gasteiger partial charge in [0.15, 0.2) is 0 Å². The lowest BCUT2D eigenvalue weighted by Crippen LogP contribution is -2.26. The van der Waals surface area contributed by atoms with Gasteiger partial charge in [-0.3, -0.25) is 0 Å². The molecule has 2 rings (SSSR count). The van der Waals surface area contributed by atoms with Gasteiger partial charge in [0.25, 0.3) is 0 Å². The maximum absolute atomic E-state index is 12.1. The first-order valence-corrected chi connectivity index (χ1v) is 8.35. The third kappa shape index (κ3) is 3.81. The summed E-state index contributed by atoms with van der Waals surface area (Å²) in [7, 11) is -3.81. The van der Waals surface area contributed by atoms with E-state index in [4.69, 9.17) is 5.11 Å². The Hall–Kier alpha value is -1.90. The van der Waals surface area contributed by atoms with Crippen molar-refractivity contribution in [2.24, 2.45) is 0 Å². The van der Waals surface area contributed by atoms with Gasteiger partial charge in [0.1, 0.15) is 11.3 Å². The summed E-state index contributed by atoms with van der Waals surface area (Å²) in [6, 6.07) is 6.94. The molecule has 0 aliphatic heterocycles. The highest BCUT2D eigenvalue weighted by Gasteiger charge is 2.18. The smallest absolute Gasteiger partial charge is 0.339 e. The summed E-state index contributed by atoms with van der Waals surface area (Å²) in [5.41, 5.74) is -0.448. The molecule has 0 aliphatic carbocycles. The van der Waals surface area contributed by atoms with Crippen LogP contribution in [0.4, 0.5) is 0 Å². The Labute approximate surface area is 125 Å². The van der Waals surface area contributed by atoms with Crippen LogP contribution in [-0.4, -0.2) is 31.1 Å². The number of hydrogen-bond donors (Lipinski definition) is 3. The number of rotatable bonds is 6. The standard InChI is InChI=1S/C13H13NO5S2/c15-12-4-3-10(8-11(12)13(16)17)21(18,19)14-6-5-9-2-1-7-20-9/h1-4,7-8,14-15H,5-6H2,(H,16,17). The molecule has 0 bridgehead atoms. The molecule has 2 aromatic rings. The highest BCUT2D eigenvalue weighted by atomic mass is 32.2. The summed E-state index contributed by atoms with van der Waals surface area (Å²) in [6.45, 7) is 0.214. The molecular formula is C13H13NO5S2. The molecule has 1 aromatic heterocycles. The van der Waals surface area contributed by atoms with E-state index in [0.717, 1.165) is 23.1 Å². The van der Waals surface area contributed by atoms with Crippen LogP contribution in [0.15, 0.2) is 40.6 Å². The second kappa shape index (κ2) is 6.25. The van der Waals surface area contributed by atoms with Gasteiger partial charge in [0.2, 0.25) is 10.0 Å². The largest absolute Gasteiger partial charge is 0.507 e. The third-order valence-corrected chi connectivity index (χ3v) is 5.15. The quantitative estimate of drug-likeness (QED) is 0.749. The first-order valence-electron chi connectivity index (χ1n) is 5.98. The first kappa shape index (κ1) is 15.5. The molecule has 0 saturated carbocycles. The fourth-order valence-corrected chi connectivity index (χ4v) is 3.47. The predicted molar refractivity (Wildman–Crippen MR) is 78.3 cm³/mol. The van der Waals surface area contributed by atoms with E-state index < -0.39 is 27.3 Å². The molecule has 3 N–H and O–H groups in total. The summed E-state index contributed by atoms with van der Waals surface area (Å²) in [5.74, 6) is -1.86. The zero-order chi connectivity index (χ0) is 15.5. The number of nitrogens with one attached hydrogen (secondary N) is 1. The van der Waals surface area contributed by atoms with Crippen molar-refractivity contribution in [1.29, 1.82) is 0 Å². The third-order valence-electron chi connectivity index (χ3n) is 2.75. The SMILES string of the molecule is O=C(O)c1cc(S(=O)(=O)NCCc2cccs2)ccc1O. The number of aromatic hydroxyl groups is 1. The number of thiophene rings is 1. The molecule has 0 atom stereocenters. The van der Waals surface area contributed by atoms with Gasteiger partial charge in [-0.05, 0) is 36.1 Å². The van der Waals surface area contributed by atoms with Crippen LogP contribution >= 0.6 is 11.3 Å². The second-order valence-electron chi connectivity index (χ2n) is 4.21. The Morgan fingerprint density at radius 1 is 1.29 bits per heavy atom. The lowest BCUT2D eigenvalue weighted by Gasteiger charge is -2.07. The molecule has 0 fully saturated rings. The summed E-state index contributed by atoms with van der Waals surface area (Å²) < 4.78 is 26.5. The molecule has 0 spiro atoms. The van der Waals surface area contributed by atoms with Crippen LogP contribution in [0, 0.1) is 0 Å². The van der Waals surface area contributed by atoms with Gasteiger partial charge in [-0.25, -0.2) is 17.9 Å². The summed E-state index contributed by atoms with van der Waals surface area (Å²) in [5, 5.41) is 20.2. The first-order chi connectivity index (χ1) is 9.90. The lowest BCUT2D eigenvalue weighted by molar-refractivity contribution is 0.0693. The van der Waals surface area contributed by atoms with Gasteiger partial charge >= 0.3 is 5.97 Å². The topological polar surface area (TPSA) is 104 Å². The van der Waals surface area contributed by atoms with E-state index in [0.29, 0.717) is 6.42 Å². The highest BCUT2D eigenvalue weighted by Crippen LogP contribution is 2.21. The molecular weight excluding hydrogens is 314 g/mol. The molecule has 0 saturated heterocycles. The summed E-state index contributed by atoms with van der Waals surface area (Å²) in [6.07, 6.45) is 0.556. The minimum absolute atomic E-state index is 0.191. The Balaban J connectivity index is 2.12. The number of phenols is 1. The van der Waals surface area contributed by atoms with Crippen molar-refractivity contribution in [1.82, 2.24) is 4.72 Å². The number of carboxylic acid groups (broad SMARTS) is 1. The number of sulfonamides is 1. The van der Waals surface area contributed by atoms with Gasteiger partial charge in [0.05, 0.1) is 4.90 Å². The second-order valence-corrected chi connectivity index (χ2v) is 7.01. The minimum Gasteiger partial charge on any atom is -0.507 e. The van der Waals surface area contributed by atoms with E-state index in [2.05, 4.69) is 4.72 Å². The van der Waals surface area contributed by atoms with Crippen molar-refractivity contribution in [2.75, 3.05) is 6.54 Å². The molecule has 8 heteroatoms. The van der Waals surface area contributed by atoms with Crippen molar-refractivity contribution >= 4 is 27.3 Å². The molecule has 6 nitrogen and oxygen atoms in total. The Morgan fingerprint density at radius 2 is 2.05 bits per heavy atom. The zero-order valence-electron chi connectivity index (χ0n) is 10.8. The number of hydrogen-bond acceptors (Lipinski definition) is 5. The van der Waals surface area contributed by atoms with Crippen LogP contribution in [-0.2, 0) is 16.4 Å². The number of benzene rings is 1. The van der Waals surface area contributed by atoms with E-state index in [1.165, 1.54) is 11.3 Å². The Kier molecular flexibility index (Phi) is 4.61. The monoisotopic (exact) mass is 327 g/mol. The average Bonchev–Trinajstić information content (AvgIpc) is 2.91. The predicted octanol–water partition coefficient (Wildman–Crippen LogP) is 1.67. The van der Waals surface area contributed by atoms with Gasteiger partial charge in [-0.1, -0.05) is 6.07 Å². The van der Waals surface area contributed by atoms with E-state index in [9.17, 15) is 18.3 Å². The normalized spacial score (nSPS) is 11.4. The van der Waals surface area contributed by atoms with Crippen molar-refractivity contribution in [2.45, 2.75) is 11.3 Å². The van der Waals surface area contributed by atoms with Crippen LogP contribution in [0.3, 0.4) is 0 Å². The van der Waals surface area contributed by atoms with Crippen LogP contribution in [0.1, 0.15) is 15.2 Å². The number of aromatic carboxylic acids is 1. The number of carbonyl (C=O) groups is 1. The Morgan fingerprint density at radius 3 is 2.67 bits per heavy atom. The zero-order valence-corrected chi connectivity index (χ0v) is 12.4. The summed E-state index contributed by atoms with van der Waals surface area (Å²) >= 11 is 1.53. The molecule has 0 radical (unpaired) electrons. The molecule has 0 unspecified atom stereocenters. The van der Waals surface area contributed by atoms with Gasteiger partial charge < -0.3 is 10.2 Å². The van der Waals surface area contributed by atoms with Gasteiger partial charge in [0, 0.05) is 11.4 Å². The Bertz CT molecular complexity index is 738. The van der Waals surface area contributed by atoms with Crippen molar-refractivity contribution in [3.63, 3.8) is 0 Å². The molecule has 0 aliphatic rings. The van der Waals surface area contributed by atoms with Crippen molar-refractivity contribution in [3.05, 3.63) is 46.2 Å². The maximum Gasteiger partial charge on any atom is 0.339 e. The van der Waals surface area contributed by atoms with Gasteiger partial charge in [-0.2, -0.15) is 0 Å². The molecule has 112 valence electrons. The maximum atomic E-state index is 12.1. The van der Waals surface area contributed by atoms with Crippen molar-refractivity contribution < 1.29 is 23.4 Å². The molecule has 21 heavy (non-hydrogen) atoms. The van der Waals surface area contributed by atoms with Crippen LogP contribution in [0.25, 0.3) is 0 Å². The minimum atomic E-state index is -3.81. The molecule has 0 amide bonds. The van der Waals surface area contributed by atoms with E-state index >= 15 is 0 Å². The summed E-state index contributed by atoms with van der Waals surface area (Å²) in [4.78, 5) is 11.8. The fourth-order valence-electron chi connectivity index (χ4n) is 1.70. The van der Waals surface area contributed by atoms with E-state index in [1.807, 2.05) is 17.5 Å². The lowest BCUT2D eigenvalue weighted by atomic mass is 10.2. The van der Waals surface area contributed by atoms with E-state index in [-0.39, 0.29) is 11.4 Å². The van der Waals surface area contributed by atoms with Crippen molar-refractivity contribution in [3.8, 4) is 5.75 Å². The van der Waals surface area contributed by atoms with Crippen LogP contribution in [0.5, 0.6) is 5.75 Å². The van der Waals surface area contributed by atoms with Crippen LogP contribution in [0.2, 0.25) is 0 Å². The highest BCUT2D eigenvalue weighted by molar-refractivity contribution is 7.89. The van der Waals surface area contributed by atoms with E-state index in [1.54, 1.807) is 0 Å². The van der Waals surface area contributed by atoms with Gasteiger partial charge in [-0.15, -0.1) is 11.3 Å².